The number of aliphatic hydroxyl groups excluding tert-OH is 2. The van der Waals surface area contributed by atoms with Crippen molar-refractivity contribution in [3.05, 3.63) is 53.6 Å². The van der Waals surface area contributed by atoms with Crippen molar-refractivity contribution in [3.63, 3.8) is 0 Å². The lowest BCUT2D eigenvalue weighted by Crippen LogP contribution is -2.25. The van der Waals surface area contributed by atoms with E-state index in [1.807, 2.05) is 43.3 Å². The molecule has 6 heteroatoms. The summed E-state index contributed by atoms with van der Waals surface area (Å²) in [5.74, 6) is -0.0972. The first kappa shape index (κ1) is 23.5. The highest BCUT2D eigenvalue weighted by molar-refractivity contribution is 7.59. The Hall–Kier alpha value is -1.76. The van der Waals surface area contributed by atoms with Gasteiger partial charge in [-0.25, -0.2) is 0 Å². The first-order chi connectivity index (χ1) is 13.4. The number of allylic oxidation sites excluding steroid dienone is 2. The molecule has 29 heavy (non-hydrogen) atoms. The predicted octanol–water partition coefficient (Wildman–Crippen LogP) is 3.60. The van der Waals surface area contributed by atoms with Crippen LogP contribution in [-0.2, 0) is 4.79 Å². The highest BCUT2D eigenvalue weighted by Gasteiger charge is 2.34. The van der Waals surface area contributed by atoms with E-state index in [0.717, 1.165) is 36.1 Å². The summed E-state index contributed by atoms with van der Waals surface area (Å²) in [5, 5.41) is 29.7. The van der Waals surface area contributed by atoms with E-state index in [0.29, 0.717) is 12.8 Å². The minimum atomic E-state index is -0.752. The zero-order valence-corrected chi connectivity index (χ0v) is 17.8. The van der Waals surface area contributed by atoms with Crippen molar-refractivity contribution in [1.29, 1.82) is 0 Å². The molecular weight excluding hydrogens is 388 g/mol. The average Bonchev–Trinajstić information content (AvgIpc) is 2.97. The number of hydrogen-bond acceptors (Lipinski definition) is 4. The molecule has 160 valence electrons. The molecule has 2 unspecified atom stereocenters. The maximum atomic E-state index is 11.1. The van der Waals surface area contributed by atoms with E-state index in [1.165, 1.54) is 0 Å². The zero-order chi connectivity index (χ0) is 20.1. The molecule has 0 aliphatic heterocycles. The Labute approximate surface area is 179 Å². The van der Waals surface area contributed by atoms with Crippen molar-refractivity contribution >= 4 is 19.5 Å². The summed E-state index contributed by atoms with van der Waals surface area (Å²) in [6.07, 6.45) is 8.52. The maximum Gasteiger partial charge on any atom is 0.310 e. The van der Waals surface area contributed by atoms with Gasteiger partial charge in [-0.05, 0) is 68.6 Å². The number of carboxylic acid groups (broad SMARTS) is 1. The number of aliphatic carboxylic acids is 1. The third-order valence-electron chi connectivity index (χ3n) is 5.95. The monoisotopic (exact) mass is 420 g/mol. The topological polar surface area (TPSA) is 87.0 Å². The van der Waals surface area contributed by atoms with Gasteiger partial charge in [0.1, 0.15) is 18.5 Å². The van der Waals surface area contributed by atoms with Gasteiger partial charge in [0.25, 0.3) is 0 Å². The summed E-state index contributed by atoms with van der Waals surface area (Å²) in [6.45, 7) is 2.18. The molecule has 0 saturated heterocycles. The van der Waals surface area contributed by atoms with E-state index in [9.17, 15) is 15.0 Å². The van der Waals surface area contributed by atoms with Crippen molar-refractivity contribution in [2.75, 3.05) is 6.61 Å². The molecule has 3 rings (SSSR count). The van der Waals surface area contributed by atoms with E-state index < -0.39 is 12.1 Å². The first-order valence-corrected chi connectivity index (χ1v) is 10.1. The summed E-state index contributed by atoms with van der Waals surface area (Å²) in [7, 11) is 0. The van der Waals surface area contributed by atoms with Gasteiger partial charge < -0.3 is 20.1 Å². The van der Waals surface area contributed by atoms with Crippen LogP contribution in [0.3, 0.4) is 0 Å². The van der Waals surface area contributed by atoms with Gasteiger partial charge in [0.05, 0.1) is 12.0 Å². The van der Waals surface area contributed by atoms with Crippen molar-refractivity contribution in [2.45, 2.75) is 51.2 Å². The zero-order valence-electron chi connectivity index (χ0n) is 16.8. The summed E-state index contributed by atoms with van der Waals surface area (Å²) in [4.78, 5) is 11.1. The normalized spacial score (nSPS) is 28.7. The summed E-state index contributed by atoms with van der Waals surface area (Å²) < 4.78 is 5.63. The van der Waals surface area contributed by atoms with Crippen molar-refractivity contribution in [1.82, 2.24) is 0 Å². The van der Waals surface area contributed by atoms with Crippen LogP contribution in [0.4, 0.5) is 0 Å². The number of hydrogen-bond donors (Lipinski definition) is 3. The molecule has 1 aromatic rings. The van der Waals surface area contributed by atoms with Gasteiger partial charge in [-0.3, -0.25) is 4.79 Å². The van der Waals surface area contributed by atoms with Gasteiger partial charge in [0.15, 0.2) is 0 Å². The number of benzene rings is 1. The van der Waals surface area contributed by atoms with Gasteiger partial charge in [0, 0.05) is 0 Å². The Morgan fingerprint density at radius 2 is 2.10 bits per heavy atom. The minimum absolute atomic E-state index is 0. The quantitative estimate of drug-likeness (QED) is 0.560. The standard InChI is InChI=1S/C23H30O5.H2S/c1-15-3-2-4-19(13-15)28-14-18(24)9-5-16-8-12-22(25)20(16)10-6-17-7-11-21(17)23(26)27;/h2-6,9,13,16,18,20-22,24-25H,7-8,10-12,14H2,1H3,(H,26,27);1H2/b9-5+,17-6+;/t16?,18-,20-,21?,22+;/m1./s1. The summed E-state index contributed by atoms with van der Waals surface area (Å²) in [5.41, 5.74) is 2.09. The highest BCUT2D eigenvalue weighted by Crippen LogP contribution is 2.39. The molecule has 5 atom stereocenters. The number of carboxylic acids is 1. The molecular formula is C23H32O5S. The van der Waals surface area contributed by atoms with Gasteiger partial charge in [-0.15, -0.1) is 0 Å². The minimum Gasteiger partial charge on any atom is -0.491 e. The Balaban J connectivity index is 0.00000300. The van der Waals surface area contributed by atoms with Gasteiger partial charge in [-0.2, -0.15) is 13.5 Å². The summed E-state index contributed by atoms with van der Waals surface area (Å²) in [6, 6.07) is 7.71. The average molecular weight is 421 g/mol. The largest absolute Gasteiger partial charge is 0.491 e. The number of ether oxygens (including phenoxy) is 1. The van der Waals surface area contributed by atoms with Crippen molar-refractivity contribution < 1.29 is 24.9 Å². The molecule has 0 amide bonds. The molecule has 2 aliphatic rings. The summed E-state index contributed by atoms with van der Waals surface area (Å²) >= 11 is 0. The van der Waals surface area contributed by atoms with Crippen molar-refractivity contribution in [3.8, 4) is 5.75 Å². The maximum absolute atomic E-state index is 11.1. The fourth-order valence-electron chi connectivity index (χ4n) is 4.13. The number of aryl methyl sites for hydroxylation is 1. The number of aliphatic hydroxyl groups is 2. The van der Waals surface area contributed by atoms with Gasteiger partial charge in [-0.1, -0.05) is 35.9 Å². The molecule has 0 radical (unpaired) electrons. The highest BCUT2D eigenvalue weighted by atomic mass is 32.1. The lowest BCUT2D eigenvalue weighted by Gasteiger charge is -2.27. The number of rotatable bonds is 8. The molecule has 0 aromatic heterocycles. The van der Waals surface area contributed by atoms with E-state index in [1.54, 1.807) is 6.08 Å². The van der Waals surface area contributed by atoms with Crippen LogP contribution in [0.15, 0.2) is 48.1 Å². The van der Waals surface area contributed by atoms with Crippen LogP contribution in [0.25, 0.3) is 0 Å². The van der Waals surface area contributed by atoms with E-state index >= 15 is 0 Å². The van der Waals surface area contributed by atoms with Crippen LogP contribution in [0.2, 0.25) is 0 Å². The Kier molecular flexibility index (Phi) is 8.80. The first-order valence-electron chi connectivity index (χ1n) is 10.1. The van der Waals surface area contributed by atoms with E-state index in [2.05, 4.69) is 0 Å². The van der Waals surface area contributed by atoms with Crippen LogP contribution >= 0.6 is 13.5 Å². The van der Waals surface area contributed by atoms with E-state index in [4.69, 9.17) is 9.84 Å². The molecule has 2 saturated carbocycles. The lowest BCUT2D eigenvalue weighted by molar-refractivity contribution is -0.141. The van der Waals surface area contributed by atoms with Crippen LogP contribution in [-0.4, -0.2) is 40.1 Å². The van der Waals surface area contributed by atoms with Crippen molar-refractivity contribution in [2.24, 2.45) is 17.8 Å². The second-order valence-electron chi connectivity index (χ2n) is 8.00. The Morgan fingerprint density at radius 1 is 1.31 bits per heavy atom. The Bertz CT molecular complexity index is 745. The van der Waals surface area contributed by atoms with Crippen LogP contribution in [0.5, 0.6) is 5.75 Å². The van der Waals surface area contributed by atoms with Crippen LogP contribution in [0, 0.1) is 24.7 Å². The molecule has 2 aliphatic carbocycles. The smallest absolute Gasteiger partial charge is 0.310 e. The SMILES string of the molecule is Cc1cccc(OC[C@H](O)/C=C/C2CC[C@H](O)[C@@H]2C/C=C2\CCC2C(=O)O)c1.S. The molecule has 0 heterocycles. The molecule has 3 N–H and O–H groups in total. The second kappa shape index (κ2) is 10.9. The third-order valence-corrected chi connectivity index (χ3v) is 5.95. The fourth-order valence-corrected chi connectivity index (χ4v) is 4.13. The predicted molar refractivity (Wildman–Crippen MR) is 117 cm³/mol. The molecule has 0 spiro atoms. The third kappa shape index (κ3) is 6.36. The van der Waals surface area contributed by atoms with Crippen LogP contribution in [0.1, 0.15) is 37.7 Å². The van der Waals surface area contributed by atoms with Gasteiger partial charge in [0.2, 0.25) is 0 Å². The van der Waals surface area contributed by atoms with Crippen LogP contribution < -0.4 is 4.74 Å². The second-order valence-corrected chi connectivity index (χ2v) is 8.00. The molecule has 0 bridgehead atoms. The lowest BCUT2D eigenvalue weighted by atomic mass is 9.77. The molecule has 5 nitrogen and oxygen atoms in total. The molecule has 1 aromatic carbocycles. The number of carbonyl (C=O) groups is 1. The molecule has 2 fully saturated rings. The van der Waals surface area contributed by atoms with E-state index in [-0.39, 0.29) is 44.0 Å². The Morgan fingerprint density at radius 3 is 2.76 bits per heavy atom. The fraction of sp³-hybridized carbons (Fsp3) is 0.522. The van der Waals surface area contributed by atoms with Gasteiger partial charge >= 0.3 is 5.97 Å².